The summed E-state index contributed by atoms with van der Waals surface area (Å²) in [4.78, 5) is 19.6. The highest BCUT2D eigenvalue weighted by molar-refractivity contribution is 5.91. The Morgan fingerprint density at radius 3 is 2.81 bits per heavy atom. The predicted molar refractivity (Wildman–Crippen MR) is 76.3 cm³/mol. The average molecular weight is 290 g/mol. The van der Waals surface area contributed by atoms with E-state index in [9.17, 15) is 9.90 Å². The summed E-state index contributed by atoms with van der Waals surface area (Å²) in [6, 6.07) is 0. The zero-order chi connectivity index (χ0) is 15.4. The molecule has 0 amide bonds. The van der Waals surface area contributed by atoms with Gasteiger partial charge in [0.15, 0.2) is 5.69 Å². The summed E-state index contributed by atoms with van der Waals surface area (Å²) in [6.45, 7) is 4.36. The summed E-state index contributed by atoms with van der Waals surface area (Å²) >= 11 is 0. The first kappa shape index (κ1) is 14.9. The minimum Gasteiger partial charge on any atom is -0.476 e. The van der Waals surface area contributed by atoms with Crippen molar-refractivity contribution in [1.82, 2.24) is 24.7 Å². The number of carbonyl (C=O) groups is 1. The summed E-state index contributed by atoms with van der Waals surface area (Å²) in [5, 5.41) is 20.0. The lowest BCUT2D eigenvalue weighted by molar-refractivity contribution is 0.0691. The molecule has 0 aromatic carbocycles. The molecule has 0 aliphatic carbocycles. The molecule has 112 valence electrons. The molecule has 8 heteroatoms. The van der Waals surface area contributed by atoms with Gasteiger partial charge in [0.25, 0.3) is 0 Å². The number of nitrogens with zero attached hydrogens (tertiary/aromatic N) is 5. The van der Waals surface area contributed by atoms with E-state index in [1.165, 1.54) is 6.20 Å². The van der Waals surface area contributed by atoms with Crippen molar-refractivity contribution >= 4 is 11.7 Å². The first-order valence-electron chi connectivity index (χ1n) is 6.66. The van der Waals surface area contributed by atoms with E-state index in [4.69, 9.17) is 0 Å². The number of nitrogens with one attached hydrogen (secondary N) is 1. The lowest BCUT2D eigenvalue weighted by Crippen LogP contribution is -2.15. The number of aryl methyl sites for hydroxylation is 1. The van der Waals surface area contributed by atoms with E-state index in [0.717, 1.165) is 5.82 Å². The Morgan fingerprint density at radius 2 is 2.24 bits per heavy atom. The molecule has 0 unspecified atom stereocenters. The smallest absolute Gasteiger partial charge is 0.356 e. The van der Waals surface area contributed by atoms with Crippen LogP contribution in [0.2, 0.25) is 0 Å². The molecule has 0 radical (unpaired) electrons. The standard InChI is InChI=1S/C13H18N6O2/c1-8(2)12-15-6-9(11(17-12)13(20)21)14-5-4-10-18-16-7-19(10)3/h6-8,14H,4-5H2,1-3H3,(H,20,21). The fourth-order valence-corrected chi connectivity index (χ4v) is 1.81. The normalized spacial score (nSPS) is 10.9. The molecule has 0 spiro atoms. The third-order valence-electron chi connectivity index (χ3n) is 3.00. The van der Waals surface area contributed by atoms with Gasteiger partial charge in [-0.15, -0.1) is 10.2 Å². The molecule has 0 saturated carbocycles. The molecule has 0 atom stereocenters. The maximum absolute atomic E-state index is 11.3. The number of aromatic nitrogens is 5. The van der Waals surface area contributed by atoms with E-state index in [1.807, 2.05) is 25.5 Å². The van der Waals surface area contributed by atoms with Crippen molar-refractivity contribution in [3.8, 4) is 0 Å². The van der Waals surface area contributed by atoms with Crippen LogP contribution < -0.4 is 5.32 Å². The first-order valence-corrected chi connectivity index (χ1v) is 6.66. The quantitative estimate of drug-likeness (QED) is 0.820. The van der Waals surface area contributed by atoms with Crippen molar-refractivity contribution < 1.29 is 9.90 Å². The second kappa shape index (κ2) is 6.29. The van der Waals surface area contributed by atoms with Gasteiger partial charge >= 0.3 is 5.97 Å². The van der Waals surface area contributed by atoms with Crippen LogP contribution in [0.5, 0.6) is 0 Å². The second-order valence-corrected chi connectivity index (χ2v) is 4.99. The number of hydrogen-bond acceptors (Lipinski definition) is 6. The number of hydrogen-bond donors (Lipinski definition) is 2. The van der Waals surface area contributed by atoms with E-state index in [1.54, 1.807) is 6.33 Å². The Morgan fingerprint density at radius 1 is 1.48 bits per heavy atom. The van der Waals surface area contributed by atoms with Gasteiger partial charge in [-0.25, -0.2) is 14.8 Å². The van der Waals surface area contributed by atoms with Crippen LogP contribution in [0, 0.1) is 0 Å². The lowest BCUT2D eigenvalue weighted by Gasteiger charge is -2.11. The van der Waals surface area contributed by atoms with Crippen molar-refractivity contribution in [2.75, 3.05) is 11.9 Å². The van der Waals surface area contributed by atoms with Crippen molar-refractivity contribution in [2.45, 2.75) is 26.2 Å². The SMILES string of the molecule is CC(C)c1ncc(NCCc2nncn2C)c(C(=O)O)n1. The minimum atomic E-state index is -1.07. The van der Waals surface area contributed by atoms with Crippen LogP contribution in [0.15, 0.2) is 12.5 Å². The Bertz CT molecular complexity index is 637. The Hall–Kier alpha value is -2.51. The van der Waals surface area contributed by atoms with Crippen molar-refractivity contribution in [3.63, 3.8) is 0 Å². The van der Waals surface area contributed by atoms with Gasteiger partial charge in [-0.05, 0) is 0 Å². The largest absolute Gasteiger partial charge is 0.476 e. The molecule has 0 aliphatic rings. The number of rotatable bonds is 6. The van der Waals surface area contributed by atoms with Crippen molar-refractivity contribution in [3.05, 3.63) is 29.9 Å². The van der Waals surface area contributed by atoms with E-state index < -0.39 is 5.97 Å². The molecule has 0 aliphatic heterocycles. The van der Waals surface area contributed by atoms with Gasteiger partial charge in [0, 0.05) is 25.9 Å². The second-order valence-electron chi connectivity index (χ2n) is 4.99. The van der Waals surface area contributed by atoms with Gasteiger partial charge < -0.3 is 15.0 Å². The molecular formula is C13H18N6O2. The fourth-order valence-electron chi connectivity index (χ4n) is 1.81. The zero-order valence-electron chi connectivity index (χ0n) is 12.2. The lowest BCUT2D eigenvalue weighted by atomic mass is 10.2. The molecule has 2 aromatic rings. The summed E-state index contributed by atoms with van der Waals surface area (Å²) in [6.07, 6.45) is 3.77. The zero-order valence-corrected chi connectivity index (χ0v) is 12.2. The summed E-state index contributed by atoms with van der Waals surface area (Å²) in [5.41, 5.74) is 0.403. The van der Waals surface area contributed by atoms with Crippen LogP contribution in [0.4, 0.5) is 5.69 Å². The molecule has 8 nitrogen and oxygen atoms in total. The van der Waals surface area contributed by atoms with Crippen LogP contribution in [-0.2, 0) is 13.5 Å². The molecule has 2 rings (SSSR count). The van der Waals surface area contributed by atoms with Gasteiger partial charge in [-0.2, -0.15) is 0 Å². The molecule has 0 bridgehead atoms. The van der Waals surface area contributed by atoms with E-state index >= 15 is 0 Å². The highest BCUT2D eigenvalue weighted by Gasteiger charge is 2.15. The fraction of sp³-hybridized carbons (Fsp3) is 0.462. The number of anilines is 1. The number of aromatic carboxylic acids is 1. The minimum absolute atomic E-state index is 0.00772. The molecule has 0 fully saturated rings. The van der Waals surface area contributed by atoms with Crippen LogP contribution in [0.3, 0.4) is 0 Å². The van der Waals surface area contributed by atoms with Gasteiger partial charge in [-0.1, -0.05) is 13.8 Å². The third-order valence-corrected chi connectivity index (χ3v) is 3.00. The van der Waals surface area contributed by atoms with Crippen LogP contribution in [0.25, 0.3) is 0 Å². The van der Waals surface area contributed by atoms with Crippen LogP contribution in [0.1, 0.15) is 41.9 Å². The summed E-state index contributed by atoms with van der Waals surface area (Å²) in [5.74, 6) is 0.349. The summed E-state index contributed by atoms with van der Waals surface area (Å²) < 4.78 is 1.82. The maximum atomic E-state index is 11.3. The van der Waals surface area contributed by atoms with Gasteiger partial charge in [0.05, 0.1) is 11.9 Å². The average Bonchev–Trinajstić information content (AvgIpc) is 2.84. The molecule has 2 aromatic heterocycles. The summed E-state index contributed by atoms with van der Waals surface area (Å²) in [7, 11) is 1.86. The third kappa shape index (κ3) is 3.53. The molecule has 2 N–H and O–H groups in total. The van der Waals surface area contributed by atoms with Gasteiger partial charge in [0.1, 0.15) is 18.0 Å². The monoisotopic (exact) mass is 290 g/mol. The van der Waals surface area contributed by atoms with Gasteiger partial charge in [-0.3, -0.25) is 0 Å². The number of carboxylic acid groups (broad SMARTS) is 1. The van der Waals surface area contributed by atoms with E-state index in [-0.39, 0.29) is 11.6 Å². The topological polar surface area (TPSA) is 106 Å². The van der Waals surface area contributed by atoms with E-state index in [2.05, 4.69) is 25.5 Å². The predicted octanol–water partition coefficient (Wildman–Crippen LogP) is 1.08. The molecule has 21 heavy (non-hydrogen) atoms. The molecule has 2 heterocycles. The van der Waals surface area contributed by atoms with E-state index in [0.29, 0.717) is 24.5 Å². The number of carboxylic acids is 1. The Balaban J connectivity index is 2.09. The highest BCUT2D eigenvalue weighted by atomic mass is 16.4. The first-order chi connectivity index (χ1) is 9.99. The van der Waals surface area contributed by atoms with Gasteiger partial charge in [0.2, 0.25) is 0 Å². The Labute approximate surface area is 122 Å². The van der Waals surface area contributed by atoms with Crippen LogP contribution >= 0.6 is 0 Å². The molecule has 0 saturated heterocycles. The van der Waals surface area contributed by atoms with Crippen molar-refractivity contribution in [2.24, 2.45) is 7.05 Å². The van der Waals surface area contributed by atoms with Crippen LogP contribution in [-0.4, -0.2) is 42.4 Å². The maximum Gasteiger partial charge on any atom is 0.356 e. The molecular weight excluding hydrogens is 272 g/mol. The Kier molecular flexibility index (Phi) is 4.46. The highest BCUT2D eigenvalue weighted by Crippen LogP contribution is 2.16. The van der Waals surface area contributed by atoms with Crippen molar-refractivity contribution in [1.29, 1.82) is 0 Å².